The van der Waals surface area contributed by atoms with Crippen LogP contribution in [0.3, 0.4) is 0 Å². The number of rotatable bonds is 15. The van der Waals surface area contributed by atoms with Crippen molar-refractivity contribution in [3.8, 4) is 5.75 Å². The number of benzene rings is 2. The van der Waals surface area contributed by atoms with E-state index in [0.717, 1.165) is 31.2 Å². The molecule has 2 aromatic carbocycles. The molecule has 0 radical (unpaired) electrons. The summed E-state index contributed by atoms with van der Waals surface area (Å²) in [6.07, 6.45) is 3.83. The first-order valence-corrected chi connectivity index (χ1v) is 15.7. The van der Waals surface area contributed by atoms with E-state index in [9.17, 15) is 24.3 Å². The third kappa shape index (κ3) is 13.6. The molecule has 0 aliphatic carbocycles. The van der Waals surface area contributed by atoms with Crippen LogP contribution >= 0.6 is 0 Å². The number of phenolic OH excluding ortho intramolecular Hbond substituents is 1. The van der Waals surface area contributed by atoms with E-state index in [1.54, 1.807) is 59.7 Å². The minimum Gasteiger partial charge on any atom is -0.508 e. The second-order valence-corrected chi connectivity index (χ2v) is 13.1. The van der Waals surface area contributed by atoms with Gasteiger partial charge in [0.1, 0.15) is 35.6 Å². The number of nitrogens with one attached hydrogen (secondary N) is 2. The second kappa shape index (κ2) is 17.4. The number of aromatic hydroxyl groups is 1. The van der Waals surface area contributed by atoms with Gasteiger partial charge in [-0.2, -0.15) is 0 Å². The zero-order chi connectivity index (χ0) is 33.6. The van der Waals surface area contributed by atoms with Crippen molar-refractivity contribution in [2.75, 3.05) is 13.1 Å². The molecular formula is C35H51N3O7. The summed E-state index contributed by atoms with van der Waals surface area (Å²) in [5, 5.41) is 16.2. The number of unbranched alkanes of at least 4 members (excludes halogenated alkanes) is 4. The van der Waals surface area contributed by atoms with E-state index >= 15 is 0 Å². The Hall–Kier alpha value is -4.08. The lowest BCUT2D eigenvalue weighted by molar-refractivity contribution is -0.159. The number of alkyl carbamates (subject to hydrolysis) is 1. The van der Waals surface area contributed by atoms with Gasteiger partial charge in [-0.1, -0.05) is 81.1 Å². The van der Waals surface area contributed by atoms with Gasteiger partial charge in [0.15, 0.2) is 0 Å². The van der Waals surface area contributed by atoms with Crippen LogP contribution in [0, 0.1) is 0 Å². The highest BCUT2D eigenvalue weighted by Crippen LogP contribution is 2.30. The van der Waals surface area contributed by atoms with Gasteiger partial charge in [-0.15, -0.1) is 0 Å². The fraction of sp³-hybridized carbons (Fsp3) is 0.543. The summed E-state index contributed by atoms with van der Waals surface area (Å²) >= 11 is 0. The van der Waals surface area contributed by atoms with Crippen molar-refractivity contribution in [2.45, 2.75) is 110 Å². The monoisotopic (exact) mass is 625 g/mol. The highest BCUT2D eigenvalue weighted by atomic mass is 16.6. The molecule has 2 unspecified atom stereocenters. The Bertz CT molecular complexity index is 1250. The number of carbonyl (C=O) groups is 4. The molecule has 0 saturated carbocycles. The maximum atomic E-state index is 14.2. The van der Waals surface area contributed by atoms with Crippen LogP contribution in [0.5, 0.6) is 5.75 Å². The average molecular weight is 626 g/mol. The molecule has 0 aliphatic heterocycles. The zero-order valence-corrected chi connectivity index (χ0v) is 27.9. The number of nitrogens with zero attached hydrogens (tertiary/aromatic N) is 1. The van der Waals surface area contributed by atoms with Crippen LogP contribution in [-0.2, 0) is 30.3 Å². The van der Waals surface area contributed by atoms with Crippen LogP contribution in [0.4, 0.5) is 4.79 Å². The van der Waals surface area contributed by atoms with Crippen LogP contribution in [0.15, 0.2) is 54.6 Å². The predicted octanol–water partition coefficient (Wildman–Crippen LogP) is 5.83. The van der Waals surface area contributed by atoms with Crippen molar-refractivity contribution in [2.24, 2.45) is 0 Å². The number of ether oxygens (including phenoxy) is 2. The molecule has 3 amide bonds. The van der Waals surface area contributed by atoms with Gasteiger partial charge in [0.05, 0.1) is 0 Å². The highest BCUT2D eigenvalue weighted by molar-refractivity contribution is 5.93. The second-order valence-electron chi connectivity index (χ2n) is 13.1. The summed E-state index contributed by atoms with van der Waals surface area (Å²) in [4.78, 5) is 55.1. The minimum absolute atomic E-state index is 0.153. The molecule has 0 aliphatic rings. The third-order valence-corrected chi connectivity index (χ3v) is 6.69. The maximum absolute atomic E-state index is 14.2. The van der Waals surface area contributed by atoms with Gasteiger partial charge in [0, 0.05) is 18.5 Å². The Kier molecular flexibility index (Phi) is 14.4. The summed E-state index contributed by atoms with van der Waals surface area (Å²) in [5.41, 5.74) is -0.573. The topological polar surface area (TPSA) is 134 Å². The van der Waals surface area contributed by atoms with Gasteiger partial charge in [0.25, 0.3) is 0 Å². The van der Waals surface area contributed by atoms with Crippen molar-refractivity contribution < 1.29 is 33.8 Å². The van der Waals surface area contributed by atoms with Crippen LogP contribution in [0.25, 0.3) is 0 Å². The fourth-order valence-electron chi connectivity index (χ4n) is 4.68. The van der Waals surface area contributed by atoms with Crippen molar-refractivity contribution >= 4 is 23.9 Å². The standard InChI is InChI=1S/C35H51N3O7/c1-8-9-10-11-17-22-38(29(40)24-36-33(43)45-35(5,6)7)30(26-20-15-16-21-28(26)39)31(41)37-27(32(42)44-34(2,3)4)23-25-18-13-12-14-19-25/h12-16,18-21,27,30,39H,8-11,17,22-24H2,1-7H3,(H,36,43)(H,37,41). The van der Waals surface area contributed by atoms with Gasteiger partial charge in [0.2, 0.25) is 11.8 Å². The van der Waals surface area contributed by atoms with Crippen molar-refractivity contribution in [3.63, 3.8) is 0 Å². The molecule has 2 atom stereocenters. The van der Waals surface area contributed by atoms with E-state index < -0.39 is 53.7 Å². The van der Waals surface area contributed by atoms with E-state index in [0.29, 0.717) is 6.42 Å². The molecule has 0 fully saturated rings. The number of para-hydroxylation sites is 1. The fourth-order valence-corrected chi connectivity index (χ4v) is 4.68. The zero-order valence-electron chi connectivity index (χ0n) is 27.9. The number of esters is 1. The van der Waals surface area contributed by atoms with Crippen molar-refractivity contribution in [1.29, 1.82) is 0 Å². The first kappa shape index (κ1) is 37.1. The van der Waals surface area contributed by atoms with E-state index in [4.69, 9.17) is 9.47 Å². The normalized spacial score (nSPS) is 12.9. The van der Waals surface area contributed by atoms with Gasteiger partial charge in [-0.25, -0.2) is 9.59 Å². The lowest BCUT2D eigenvalue weighted by Crippen LogP contribution is -2.52. The quantitative estimate of drug-likeness (QED) is 0.168. The van der Waals surface area contributed by atoms with Crippen molar-refractivity contribution in [3.05, 3.63) is 65.7 Å². The van der Waals surface area contributed by atoms with E-state index in [-0.39, 0.29) is 24.3 Å². The van der Waals surface area contributed by atoms with E-state index in [2.05, 4.69) is 17.6 Å². The molecule has 10 nitrogen and oxygen atoms in total. The van der Waals surface area contributed by atoms with Gasteiger partial charge in [-0.05, 0) is 59.6 Å². The van der Waals surface area contributed by atoms with Gasteiger partial charge >= 0.3 is 12.1 Å². The van der Waals surface area contributed by atoms with Crippen LogP contribution in [0.2, 0.25) is 0 Å². The number of hydrogen-bond acceptors (Lipinski definition) is 7. The van der Waals surface area contributed by atoms with Crippen molar-refractivity contribution in [1.82, 2.24) is 15.5 Å². The third-order valence-electron chi connectivity index (χ3n) is 6.69. The largest absolute Gasteiger partial charge is 0.508 e. The molecular weight excluding hydrogens is 574 g/mol. The Morgan fingerprint density at radius 1 is 0.822 bits per heavy atom. The number of carbonyl (C=O) groups excluding carboxylic acids is 4. The van der Waals surface area contributed by atoms with Crippen LogP contribution in [-0.4, -0.2) is 64.2 Å². The number of hydrogen-bond donors (Lipinski definition) is 3. The molecule has 45 heavy (non-hydrogen) atoms. The molecule has 3 N–H and O–H groups in total. The SMILES string of the molecule is CCCCCCCN(C(=O)CNC(=O)OC(C)(C)C)C(C(=O)NC(Cc1ccccc1)C(=O)OC(C)(C)C)c1ccccc1O. The van der Waals surface area contributed by atoms with Crippen LogP contribution in [0.1, 0.15) is 97.7 Å². The Morgan fingerprint density at radius 3 is 2.02 bits per heavy atom. The number of amides is 3. The molecule has 0 heterocycles. The van der Waals surface area contributed by atoms with Gasteiger partial charge < -0.3 is 30.1 Å². The summed E-state index contributed by atoms with van der Waals surface area (Å²) in [6.45, 7) is 12.2. The summed E-state index contributed by atoms with van der Waals surface area (Å²) in [5.74, 6) is -2.02. The molecule has 0 aromatic heterocycles. The van der Waals surface area contributed by atoms with Gasteiger partial charge in [-0.3, -0.25) is 9.59 Å². The molecule has 248 valence electrons. The number of phenols is 1. The van der Waals surface area contributed by atoms with E-state index in [1.807, 2.05) is 30.3 Å². The first-order valence-electron chi connectivity index (χ1n) is 15.7. The predicted molar refractivity (Wildman–Crippen MR) is 173 cm³/mol. The summed E-state index contributed by atoms with van der Waals surface area (Å²) in [6, 6.07) is 13.1. The Labute approximate surface area is 267 Å². The smallest absolute Gasteiger partial charge is 0.408 e. The lowest BCUT2D eigenvalue weighted by Gasteiger charge is -2.33. The maximum Gasteiger partial charge on any atom is 0.408 e. The average Bonchev–Trinajstić information content (AvgIpc) is 2.94. The highest BCUT2D eigenvalue weighted by Gasteiger charge is 2.36. The molecule has 10 heteroatoms. The first-order chi connectivity index (χ1) is 21.1. The molecule has 0 saturated heterocycles. The molecule has 0 bridgehead atoms. The van der Waals surface area contributed by atoms with E-state index in [1.165, 1.54) is 11.0 Å². The lowest BCUT2D eigenvalue weighted by atomic mass is 10.00. The van der Waals surface area contributed by atoms with Crippen LogP contribution < -0.4 is 10.6 Å². The Balaban J connectivity index is 2.48. The Morgan fingerprint density at radius 2 is 1.42 bits per heavy atom. The molecule has 2 aromatic rings. The molecule has 0 spiro atoms. The molecule has 2 rings (SSSR count). The minimum atomic E-state index is -1.30. The summed E-state index contributed by atoms with van der Waals surface area (Å²) in [7, 11) is 0. The summed E-state index contributed by atoms with van der Waals surface area (Å²) < 4.78 is 10.9.